The summed E-state index contributed by atoms with van der Waals surface area (Å²) < 4.78 is 13.5. The third-order valence-corrected chi connectivity index (χ3v) is 3.57. The fraction of sp³-hybridized carbons (Fsp3) is 0.0909. The van der Waals surface area contributed by atoms with Crippen molar-refractivity contribution in [3.8, 4) is 11.3 Å². The molecular weight excluding hydrogens is 309 g/mol. The number of nitrogens with zero attached hydrogens (tertiary/aromatic N) is 1. The highest BCUT2D eigenvalue weighted by atomic mass is 79.9. The first kappa shape index (κ1) is 12.2. The molecule has 17 heavy (non-hydrogen) atoms. The van der Waals surface area contributed by atoms with Crippen LogP contribution in [0.15, 0.2) is 28.1 Å². The average molecular weight is 316 g/mol. The van der Waals surface area contributed by atoms with Crippen LogP contribution in [0, 0.1) is 5.82 Å². The topological polar surface area (TPSA) is 50.2 Å². The molecule has 2 aromatic rings. The molecule has 0 unspecified atom stereocenters. The Kier molecular flexibility index (Phi) is 3.54. The highest BCUT2D eigenvalue weighted by Gasteiger charge is 2.10. The minimum Gasteiger partial charge on any atom is -0.481 e. The molecule has 1 aromatic carbocycles. The summed E-state index contributed by atoms with van der Waals surface area (Å²) in [5, 5.41) is 10.9. The van der Waals surface area contributed by atoms with E-state index in [9.17, 15) is 9.18 Å². The van der Waals surface area contributed by atoms with Gasteiger partial charge >= 0.3 is 5.97 Å². The normalized spacial score (nSPS) is 10.5. The Hall–Kier alpha value is -1.27. The molecule has 1 aromatic heterocycles. The third kappa shape index (κ3) is 2.89. The van der Waals surface area contributed by atoms with Gasteiger partial charge in [-0.1, -0.05) is 0 Å². The Balaban J connectivity index is 2.33. The van der Waals surface area contributed by atoms with Crippen LogP contribution >= 0.6 is 27.3 Å². The number of benzene rings is 1. The van der Waals surface area contributed by atoms with Gasteiger partial charge in [-0.05, 0) is 34.1 Å². The van der Waals surface area contributed by atoms with Crippen molar-refractivity contribution in [1.82, 2.24) is 4.98 Å². The van der Waals surface area contributed by atoms with Crippen LogP contribution in [0.25, 0.3) is 11.3 Å². The smallest absolute Gasteiger partial charge is 0.310 e. The largest absolute Gasteiger partial charge is 0.481 e. The summed E-state index contributed by atoms with van der Waals surface area (Å²) in [5.74, 6) is -1.24. The number of carboxylic acids is 1. The minimum atomic E-state index is -0.913. The zero-order chi connectivity index (χ0) is 12.4. The van der Waals surface area contributed by atoms with Crippen LogP contribution in [0.4, 0.5) is 4.39 Å². The second kappa shape index (κ2) is 4.93. The maximum atomic E-state index is 12.9. The first-order chi connectivity index (χ1) is 8.06. The number of carboxylic acid groups (broad SMARTS) is 1. The lowest BCUT2D eigenvalue weighted by atomic mass is 10.2. The van der Waals surface area contributed by atoms with E-state index in [0.29, 0.717) is 15.2 Å². The van der Waals surface area contributed by atoms with E-state index in [0.717, 1.165) is 5.56 Å². The Labute approximate surface area is 109 Å². The molecule has 88 valence electrons. The van der Waals surface area contributed by atoms with E-state index in [2.05, 4.69) is 20.9 Å². The second-order valence-electron chi connectivity index (χ2n) is 3.32. The number of hydrogen-bond donors (Lipinski definition) is 1. The quantitative estimate of drug-likeness (QED) is 0.945. The second-order valence-corrected chi connectivity index (χ2v) is 5.12. The number of aliphatic carboxylic acids is 1. The van der Waals surface area contributed by atoms with Gasteiger partial charge in [-0.3, -0.25) is 4.79 Å². The van der Waals surface area contributed by atoms with Gasteiger partial charge in [0.1, 0.15) is 10.8 Å². The zero-order valence-electron chi connectivity index (χ0n) is 8.48. The molecule has 0 radical (unpaired) electrons. The number of aromatic nitrogens is 1. The summed E-state index contributed by atoms with van der Waals surface area (Å²) >= 11 is 4.53. The van der Waals surface area contributed by atoms with Crippen molar-refractivity contribution in [2.75, 3.05) is 0 Å². The van der Waals surface area contributed by atoms with Crippen LogP contribution in [0.5, 0.6) is 0 Å². The molecule has 0 spiro atoms. The maximum Gasteiger partial charge on any atom is 0.310 e. The summed E-state index contributed by atoms with van der Waals surface area (Å²) in [6, 6.07) is 4.31. The Morgan fingerprint density at radius 2 is 2.29 bits per heavy atom. The van der Waals surface area contributed by atoms with Gasteiger partial charge in [0.05, 0.1) is 12.1 Å². The molecule has 0 saturated carbocycles. The van der Waals surface area contributed by atoms with Crippen molar-refractivity contribution in [3.63, 3.8) is 0 Å². The van der Waals surface area contributed by atoms with Gasteiger partial charge in [0.2, 0.25) is 0 Å². The molecule has 0 fully saturated rings. The molecule has 1 N–H and O–H groups in total. The lowest BCUT2D eigenvalue weighted by Gasteiger charge is -2.00. The number of thiazole rings is 1. The van der Waals surface area contributed by atoms with E-state index in [4.69, 9.17) is 5.11 Å². The third-order valence-electron chi connectivity index (χ3n) is 2.06. The van der Waals surface area contributed by atoms with Gasteiger partial charge in [0.15, 0.2) is 0 Å². The lowest BCUT2D eigenvalue weighted by molar-refractivity contribution is -0.136. The number of rotatable bonds is 3. The highest BCUT2D eigenvalue weighted by molar-refractivity contribution is 9.10. The Morgan fingerprint density at radius 1 is 1.53 bits per heavy atom. The summed E-state index contributed by atoms with van der Waals surface area (Å²) in [6.45, 7) is 0. The van der Waals surface area contributed by atoms with Gasteiger partial charge in [-0.25, -0.2) is 9.37 Å². The molecule has 0 atom stereocenters. The van der Waals surface area contributed by atoms with Gasteiger partial charge in [0.25, 0.3) is 0 Å². The van der Waals surface area contributed by atoms with E-state index < -0.39 is 5.97 Å². The summed E-state index contributed by atoms with van der Waals surface area (Å²) in [7, 11) is 0. The molecule has 0 amide bonds. The highest BCUT2D eigenvalue weighted by Crippen LogP contribution is 2.29. The molecular formula is C11H7BrFNO2S. The van der Waals surface area contributed by atoms with Crippen molar-refractivity contribution in [2.45, 2.75) is 6.42 Å². The zero-order valence-corrected chi connectivity index (χ0v) is 10.9. The van der Waals surface area contributed by atoms with Crippen molar-refractivity contribution in [1.29, 1.82) is 0 Å². The number of hydrogen-bond acceptors (Lipinski definition) is 3. The molecule has 3 nitrogen and oxygen atoms in total. The van der Waals surface area contributed by atoms with Crippen LogP contribution in [0.3, 0.4) is 0 Å². The van der Waals surface area contributed by atoms with Crippen LogP contribution < -0.4 is 0 Å². The average Bonchev–Trinajstić information content (AvgIpc) is 2.65. The van der Waals surface area contributed by atoms with E-state index in [1.807, 2.05) is 0 Å². The number of halogens is 2. The monoisotopic (exact) mass is 315 g/mol. The van der Waals surface area contributed by atoms with Gasteiger partial charge in [-0.2, -0.15) is 0 Å². The summed E-state index contributed by atoms with van der Waals surface area (Å²) in [5.41, 5.74) is 1.40. The van der Waals surface area contributed by atoms with Gasteiger partial charge < -0.3 is 5.11 Å². The maximum absolute atomic E-state index is 12.9. The van der Waals surface area contributed by atoms with Crippen LogP contribution in [-0.2, 0) is 11.2 Å². The fourth-order valence-electron chi connectivity index (χ4n) is 1.34. The predicted octanol–water partition coefficient (Wildman–Crippen LogP) is 3.34. The predicted molar refractivity (Wildman–Crippen MR) is 66.5 cm³/mol. The van der Waals surface area contributed by atoms with Crippen molar-refractivity contribution in [3.05, 3.63) is 38.9 Å². The molecule has 0 aliphatic rings. The van der Waals surface area contributed by atoms with E-state index in [1.165, 1.54) is 23.5 Å². The van der Waals surface area contributed by atoms with E-state index >= 15 is 0 Å². The minimum absolute atomic E-state index is 0.0938. The standard InChI is InChI=1S/C11H7BrFNO2S/c12-8-3-6(13)1-2-7(8)9-5-17-10(14-9)4-11(15)16/h1-3,5H,4H2,(H,15,16). The van der Waals surface area contributed by atoms with Crippen molar-refractivity contribution in [2.24, 2.45) is 0 Å². The van der Waals surface area contributed by atoms with E-state index in [1.54, 1.807) is 11.4 Å². The molecule has 0 aliphatic heterocycles. The first-order valence-electron chi connectivity index (χ1n) is 4.68. The van der Waals surface area contributed by atoms with Crippen LogP contribution in [0.2, 0.25) is 0 Å². The van der Waals surface area contributed by atoms with Crippen LogP contribution in [-0.4, -0.2) is 16.1 Å². The molecule has 0 bridgehead atoms. The fourth-order valence-corrected chi connectivity index (χ4v) is 2.68. The first-order valence-corrected chi connectivity index (χ1v) is 6.35. The number of carbonyl (C=O) groups is 1. The Morgan fingerprint density at radius 3 is 2.94 bits per heavy atom. The molecule has 6 heteroatoms. The summed E-state index contributed by atoms with van der Waals surface area (Å²) in [4.78, 5) is 14.7. The molecule has 0 saturated heterocycles. The van der Waals surface area contributed by atoms with E-state index in [-0.39, 0.29) is 12.2 Å². The van der Waals surface area contributed by atoms with Gasteiger partial charge in [-0.15, -0.1) is 11.3 Å². The van der Waals surface area contributed by atoms with Crippen LogP contribution in [0.1, 0.15) is 5.01 Å². The van der Waals surface area contributed by atoms with Gasteiger partial charge in [0, 0.05) is 15.4 Å². The SMILES string of the molecule is O=C(O)Cc1nc(-c2ccc(F)cc2Br)cs1. The Bertz CT molecular complexity index is 570. The lowest BCUT2D eigenvalue weighted by Crippen LogP contribution is -1.99. The summed E-state index contributed by atoms with van der Waals surface area (Å²) in [6.07, 6.45) is -0.0938. The molecule has 2 rings (SSSR count). The molecule has 0 aliphatic carbocycles. The van der Waals surface area contributed by atoms with Crippen molar-refractivity contribution < 1.29 is 14.3 Å². The van der Waals surface area contributed by atoms with Crippen molar-refractivity contribution >= 4 is 33.2 Å². The molecule has 1 heterocycles.